The van der Waals surface area contributed by atoms with E-state index in [1.807, 2.05) is 30.7 Å². The number of pyridine rings is 1. The molecule has 5 N–H and O–H groups in total. The van der Waals surface area contributed by atoms with Crippen molar-refractivity contribution in [3.63, 3.8) is 0 Å². The van der Waals surface area contributed by atoms with Crippen molar-refractivity contribution in [2.45, 2.75) is 26.4 Å². The van der Waals surface area contributed by atoms with Crippen LogP contribution in [0, 0.1) is 0 Å². The van der Waals surface area contributed by atoms with Crippen LogP contribution in [-0.2, 0) is 6.54 Å². The van der Waals surface area contributed by atoms with Gasteiger partial charge in [0.2, 0.25) is 0 Å². The second kappa shape index (κ2) is 13.8. The van der Waals surface area contributed by atoms with Gasteiger partial charge in [0, 0.05) is 40.7 Å². The van der Waals surface area contributed by atoms with Crippen molar-refractivity contribution in [3.8, 4) is 22.3 Å². The first-order chi connectivity index (χ1) is 21.0. The minimum atomic E-state index is -0.326. The molecule has 5 rings (SSSR count). The fourth-order valence-electron chi connectivity index (χ4n) is 4.41. The van der Waals surface area contributed by atoms with Crippen LogP contribution >= 0.6 is 69.1 Å². The van der Waals surface area contributed by atoms with Gasteiger partial charge in [0.15, 0.2) is 0 Å². The Bertz CT molecular complexity index is 1870. The van der Waals surface area contributed by atoms with E-state index in [1.165, 1.54) is 22.7 Å². The molecular formula is C31H25Cl4N5O2S2. The predicted molar refractivity (Wildman–Crippen MR) is 185 cm³/mol. The lowest BCUT2D eigenvalue weighted by Gasteiger charge is -2.13. The third kappa shape index (κ3) is 7.15. The molecule has 3 aromatic heterocycles. The average Bonchev–Trinajstić information content (AvgIpc) is 3.58. The van der Waals surface area contributed by atoms with Gasteiger partial charge in [0.1, 0.15) is 10.8 Å². The van der Waals surface area contributed by atoms with Gasteiger partial charge in [-0.1, -0.05) is 58.5 Å². The Kier molecular flexibility index (Phi) is 10.0. The van der Waals surface area contributed by atoms with E-state index in [0.717, 1.165) is 16.7 Å². The third-order valence-electron chi connectivity index (χ3n) is 6.46. The number of amides is 2. The molecule has 0 atom stereocenters. The summed E-state index contributed by atoms with van der Waals surface area (Å²) in [6.45, 7) is 4.01. The molecule has 0 fully saturated rings. The predicted octanol–water partition coefficient (Wildman–Crippen LogP) is 9.55. The number of thiophene rings is 2. The monoisotopic (exact) mass is 703 g/mol. The zero-order valence-corrected chi connectivity index (χ0v) is 28.0. The fourth-order valence-corrected chi connectivity index (χ4v) is 6.80. The van der Waals surface area contributed by atoms with Crippen LogP contribution in [0.5, 0.6) is 0 Å². The lowest BCUT2D eigenvalue weighted by molar-refractivity contribution is 0.0939. The summed E-state index contributed by atoms with van der Waals surface area (Å²) in [6.07, 6.45) is 1.63. The molecule has 13 heteroatoms. The molecule has 0 spiro atoms. The molecule has 2 amide bonds. The van der Waals surface area contributed by atoms with Crippen molar-refractivity contribution in [1.82, 2.24) is 15.6 Å². The molecule has 0 aliphatic rings. The van der Waals surface area contributed by atoms with Crippen LogP contribution in [0.2, 0.25) is 20.1 Å². The van der Waals surface area contributed by atoms with Gasteiger partial charge in [-0.3, -0.25) is 9.59 Å². The second-order valence-corrected chi connectivity index (χ2v) is 13.4. The standard InChI is InChI=1S/C31H25Cl4N5O2S2/c1-15(2)39-30(42)27-20(18-4-6-22(33)24(35)11-18)14-44-31(27)40-25-9-16(7-8-37-25)12-38-29(41)26-19(13-43-28(26)36)17-3-5-21(32)23(34)10-17/h3-11,13-15H,12,36H2,1-2H3,(H,37,40)(H,38,41)(H,39,42). The number of carbonyl (C=O) groups excluding carboxylic acids is 2. The van der Waals surface area contributed by atoms with Crippen molar-refractivity contribution >= 4 is 96.7 Å². The number of halogens is 4. The average molecular weight is 706 g/mol. The Balaban J connectivity index is 1.36. The number of benzene rings is 2. The van der Waals surface area contributed by atoms with Crippen LogP contribution in [0.4, 0.5) is 15.8 Å². The molecule has 0 aliphatic heterocycles. The summed E-state index contributed by atoms with van der Waals surface area (Å²) in [6, 6.07) is 14.0. The number of anilines is 3. The van der Waals surface area contributed by atoms with E-state index in [4.69, 9.17) is 52.1 Å². The maximum absolute atomic E-state index is 13.3. The molecule has 0 bridgehead atoms. The van der Waals surface area contributed by atoms with Crippen LogP contribution in [0.25, 0.3) is 22.3 Å². The van der Waals surface area contributed by atoms with Crippen LogP contribution < -0.4 is 21.7 Å². The number of nitrogen functional groups attached to an aromatic ring is 1. The van der Waals surface area contributed by atoms with Crippen LogP contribution in [0.15, 0.2) is 65.5 Å². The van der Waals surface area contributed by atoms with Gasteiger partial charge in [-0.05, 0) is 66.9 Å². The van der Waals surface area contributed by atoms with E-state index < -0.39 is 0 Å². The minimum absolute atomic E-state index is 0.0728. The van der Waals surface area contributed by atoms with Gasteiger partial charge in [0.25, 0.3) is 11.8 Å². The van der Waals surface area contributed by atoms with E-state index in [-0.39, 0.29) is 24.4 Å². The molecule has 226 valence electrons. The van der Waals surface area contributed by atoms with Gasteiger partial charge in [-0.15, -0.1) is 22.7 Å². The minimum Gasteiger partial charge on any atom is -0.390 e. The lowest BCUT2D eigenvalue weighted by atomic mass is 10.0. The molecule has 44 heavy (non-hydrogen) atoms. The van der Waals surface area contributed by atoms with E-state index >= 15 is 0 Å². The van der Waals surface area contributed by atoms with Crippen LogP contribution in [0.1, 0.15) is 40.1 Å². The quantitative estimate of drug-likeness (QED) is 0.122. The number of nitrogens with two attached hydrogens (primary N) is 1. The number of nitrogens with one attached hydrogen (secondary N) is 3. The van der Waals surface area contributed by atoms with Gasteiger partial charge in [0.05, 0.1) is 36.2 Å². The molecule has 0 saturated heterocycles. The SMILES string of the molecule is CC(C)NC(=O)c1c(-c2ccc(Cl)c(Cl)c2)csc1Nc1cc(CNC(=O)c2c(-c3ccc(Cl)c(Cl)c3)csc2N)ccn1. The largest absolute Gasteiger partial charge is 0.390 e. The van der Waals surface area contributed by atoms with Crippen LogP contribution in [0.3, 0.4) is 0 Å². The second-order valence-electron chi connectivity index (χ2n) is 9.99. The van der Waals surface area contributed by atoms with Crippen molar-refractivity contribution in [3.05, 3.63) is 102 Å². The first-order valence-electron chi connectivity index (χ1n) is 13.2. The highest BCUT2D eigenvalue weighted by atomic mass is 35.5. The number of carbonyl (C=O) groups is 2. The molecule has 0 radical (unpaired) electrons. The summed E-state index contributed by atoms with van der Waals surface area (Å²) in [5.41, 5.74) is 10.7. The molecular weight excluding hydrogens is 680 g/mol. The molecule has 0 unspecified atom stereocenters. The Labute approximate surface area is 282 Å². The molecule has 5 aromatic rings. The Morgan fingerprint density at radius 2 is 1.43 bits per heavy atom. The van der Waals surface area contributed by atoms with Gasteiger partial charge < -0.3 is 21.7 Å². The highest BCUT2D eigenvalue weighted by Gasteiger charge is 2.23. The summed E-state index contributed by atoms with van der Waals surface area (Å²) in [7, 11) is 0. The van der Waals surface area contributed by atoms with Gasteiger partial charge >= 0.3 is 0 Å². The fraction of sp³-hybridized carbons (Fsp3) is 0.129. The summed E-state index contributed by atoms with van der Waals surface area (Å²) < 4.78 is 0. The van der Waals surface area contributed by atoms with E-state index in [1.54, 1.807) is 48.7 Å². The lowest BCUT2D eigenvalue weighted by Crippen LogP contribution is -2.30. The van der Waals surface area contributed by atoms with Crippen LogP contribution in [-0.4, -0.2) is 22.8 Å². The summed E-state index contributed by atoms with van der Waals surface area (Å²) >= 11 is 27.3. The summed E-state index contributed by atoms with van der Waals surface area (Å²) in [4.78, 5) is 31.0. The highest BCUT2D eigenvalue weighted by Crippen LogP contribution is 2.39. The van der Waals surface area contributed by atoms with Crippen molar-refractivity contribution in [1.29, 1.82) is 0 Å². The zero-order chi connectivity index (χ0) is 31.5. The number of nitrogens with zero attached hydrogens (tertiary/aromatic N) is 1. The smallest absolute Gasteiger partial charge is 0.255 e. The van der Waals surface area contributed by atoms with Crippen molar-refractivity contribution in [2.24, 2.45) is 0 Å². The molecule has 2 aromatic carbocycles. The van der Waals surface area contributed by atoms with E-state index in [2.05, 4.69) is 20.9 Å². The molecule has 3 heterocycles. The maximum atomic E-state index is 13.3. The normalized spacial score (nSPS) is 11.1. The molecule has 7 nitrogen and oxygen atoms in total. The highest BCUT2D eigenvalue weighted by molar-refractivity contribution is 7.15. The Morgan fingerprint density at radius 1 is 0.818 bits per heavy atom. The third-order valence-corrected chi connectivity index (χ3v) is 9.65. The van der Waals surface area contributed by atoms with Crippen molar-refractivity contribution in [2.75, 3.05) is 11.1 Å². The maximum Gasteiger partial charge on any atom is 0.255 e. The van der Waals surface area contributed by atoms with Gasteiger partial charge in [-0.2, -0.15) is 0 Å². The number of hydrogen-bond acceptors (Lipinski definition) is 7. The van der Waals surface area contributed by atoms with E-state index in [0.29, 0.717) is 58.2 Å². The topological polar surface area (TPSA) is 109 Å². The molecule has 0 aliphatic carbocycles. The Hall–Kier alpha value is -3.31. The van der Waals surface area contributed by atoms with E-state index in [9.17, 15) is 9.59 Å². The number of hydrogen-bond donors (Lipinski definition) is 4. The first-order valence-corrected chi connectivity index (χ1v) is 16.5. The van der Waals surface area contributed by atoms with Crippen molar-refractivity contribution < 1.29 is 9.59 Å². The summed E-state index contributed by atoms with van der Waals surface area (Å²) in [5, 5.41) is 15.5. The number of rotatable bonds is 9. The number of aromatic nitrogens is 1. The molecule has 0 saturated carbocycles. The Morgan fingerprint density at radius 3 is 2.05 bits per heavy atom. The van der Waals surface area contributed by atoms with Gasteiger partial charge in [-0.25, -0.2) is 4.98 Å². The zero-order valence-electron chi connectivity index (χ0n) is 23.3. The first kappa shape index (κ1) is 32.1. The summed E-state index contributed by atoms with van der Waals surface area (Å²) in [5.74, 6) is -0.0582.